The molecule has 0 aliphatic carbocycles. The second kappa shape index (κ2) is 4.94. The maximum Gasteiger partial charge on any atom is 0.310 e. The summed E-state index contributed by atoms with van der Waals surface area (Å²) in [5.74, 6) is -1.04. The van der Waals surface area contributed by atoms with Crippen LogP contribution in [0, 0.1) is 11.8 Å². The van der Waals surface area contributed by atoms with Gasteiger partial charge in [-0.05, 0) is 24.0 Å². The molecule has 3 nitrogen and oxygen atoms in total. The smallest absolute Gasteiger partial charge is 0.310 e. The molecule has 0 saturated carbocycles. The number of carboxylic acid groups (broad SMARTS) is 1. The van der Waals surface area contributed by atoms with Gasteiger partial charge in [0.15, 0.2) is 0 Å². The number of aliphatic carboxylic acids is 1. The Morgan fingerprint density at radius 3 is 2.67 bits per heavy atom. The molecule has 0 radical (unpaired) electrons. The minimum atomic E-state index is -1.25. The third-order valence-electron chi connectivity index (χ3n) is 3.54. The van der Waals surface area contributed by atoms with Crippen molar-refractivity contribution in [2.75, 3.05) is 5.75 Å². The Balaban J connectivity index is 2.51. The lowest BCUT2D eigenvalue weighted by Crippen LogP contribution is -2.45. The Labute approximate surface area is 111 Å². The summed E-state index contributed by atoms with van der Waals surface area (Å²) in [4.78, 5) is 12.5. The van der Waals surface area contributed by atoms with Gasteiger partial charge in [-0.3, -0.25) is 4.79 Å². The predicted octanol–water partition coefficient (Wildman–Crippen LogP) is 2.73. The lowest BCUT2D eigenvalue weighted by Gasteiger charge is -2.40. The number of hydrogen-bond donors (Lipinski definition) is 2. The first kappa shape index (κ1) is 13.4. The van der Waals surface area contributed by atoms with Crippen LogP contribution < -0.4 is 0 Å². The minimum absolute atomic E-state index is 0.108. The molecule has 2 N–H and O–H groups in total. The van der Waals surface area contributed by atoms with Crippen molar-refractivity contribution >= 4 is 17.7 Å². The van der Waals surface area contributed by atoms with Gasteiger partial charge in [0.1, 0.15) is 5.60 Å². The molecule has 0 spiro atoms. The number of benzene rings is 1. The Kier molecular flexibility index (Phi) is 3.69. The van der Waals surface area contributed by atoms with Crippen LogP contribution in [-0.4, -0.2) is 21.9 Å². The van der Waals surface area contributed by atoms with E-state index < -0.39 is 17.5 Å². The molecule has 1 heterocycles. The highest BCUT2D eigenvalue weighted by Crippen LogP contribution is 2.46. The molecule has 0 bridgehead atoms. The molecule has 0 amide bonds. The van der Waals surface area contributed by atoms with Crippen molar-refractivity contribution in [3.05, 3.63) is 29.8 Å². The van der Waals surface area contributed by atoms with Gasteiger partial charge in [-0.2, -0.15) is 0 Å². The van der Waals surface area contributed by atoms with Gasteiger partial charge >= 0.3 is 5.97 Å². The molecule has 2 rings (SSSR count). The van der Waals surface area contributed by atoms with Gasteiger partial charge < -0.3 is 10.2 Å². The van der Waals surface area contributed by atoms with Gasteiger partial charge in [-0.15, -0.1) is 11.8 Å². The van der Waals surface area contributed by atoms with Crippen molar-refractivity contribution in [3.8, 4) is 0 Å². The monoisotopic (exact) mass is 266 g/mol. The van der Waals surface area contributed by atoms with E-state index in [1.54, 1.807) is 11.8 Å². The molecule has 1 aliphatic heterocycles. The molecule has 2 unspecified atom stereocenters. The zero-order valence-electron chi connectivity index (χ0n) is 10.6. The highest BCUT2D eigenvalue weighted by Gasteiger charge is 2.47. The Hall–Kier alpha value is -1.00. The maximum absolute atomic E-state index is 11.5. The maximum atomic E-state index is 11.5. The standard InChI is InChI=1S/C14H18O3S/c1-9(2)12(13(15)16)14(17)7-8-18-11-6-4-3-5-10(11)14/h3-6,9,12,17H,7-8H2,1-2H3,(H,15,16). The van der Waals surface area contributed by atoms with E-state index in [0.717, 1.165) is 16.2 Å². The van der Waals surface area contributed by atoms with Gasteiger partial charge in [-0.1, -0.05) is 32.0 Å². The number of carboxylic acids is 1. The highest BCUT2D eigenvalue weighted by atomic mass is 32.2. The average molecular weight is 266 g/mol. The van der Waals surface area contributed by atoms with Crippen LogP contribution in [0.25, 0.3) is 0 Å². The van der Waals surface area contributed by atoms with E-state index in [1.165, 1.54) is 0 Å². The number of thioether (sulfide) groups is 1. The van der Waals surface area contributed by atoms with E-state index in [9.17, 15) is 15.0 Å². The van der Waals surface area contributed by atoms with Crippen molar-refractivity contribution in [1.82, 2.24) is 0 Å². The van der Waals surface area contributed by atoms with E-state index in [4.69, 9.17) is 0 Å². The number of hydrogen-bond acceptors (Lipinski definition) is 3. The minimum Gasteiger partial charge on any atom is -0.481 e. The lowest BCUT2D eigenvalue weighted by atomic mass is 9.73. The molecule has 18 heavy (non-hydrogen) atoms. The van der Waals surface area contributed by atoms with Crippen molar-refractivity contribution < 1.29 is 15.0 Å². The summed E-state index contributed by atoms with van der Waals surface area (Å²) >= 11 is 1.68. The quantitative estimate of drug-likeness (QED) is 0.883. The third-order valence-corrected chi connectivity index (χ3v) is 4.62. The summed E-state index contributed by atoms with van der Waals surface area (Å²) in [7, 11) is 0. The van der Waals surface area contributed by atoms with Crippen LogP contribution in [0.1, 0.15) is 25.8 Å². The lowest BCUT2D eigenvalue weighted by molar-refractivity contribution is -0.157. The van der Waals surface area contributed by atoms with Crippen molar-refractivity contribution in [3.63, 3.8) is 0 Å². The van der Waals surface area contributed by atoms with Crippen LogP contribution in [0.5, 0.6) is 0 Å². The SMILES string of the molecule is CC(C)C(C(=O)O)C1(O)CCSc2ccccc21. The molecule has 0 aromatic heterocycles. The van der Waals surface area contributed by atoms with E-state index in [1.807, 2.05) is 38.1 Å². The topological polar surface area (TPSA) is 57.5 Å². The first-order valence-electron chi connectivity index (χ1n) is 6.14. The van der Waals surface area contributed by atoms with Crippen LogP contribution in [0.2, 0.25) is 0 Å². The largest absolute Gasteiger partial charge is 0.481 e. The van der Waals surface area contributed by atoms with Gasteiger partial charge in [0.2, 0.25) is 0 Å². The molecule has 1 aliphatic rings. The molecular formula is C14H18O3S. The fourth-order valence-electron chi connectivity index (χ4n) is 2.77. The Bertz CT molecular complexity index is 458. The van der Waals surface area contributed by atoms with E-state index in [2.05, 4.69) is 0 Å². The second-order valence-electron chi connectivity index (χ2n) is 5.08. The van der Waals surface area contributed by atoms with Crippen LogP contribution in [0.4, 0.5) is 0 Å². The number of aliphatic hydroxyl groups is 1. The first-order chi connectivity index (χ1) is 8.47. The molecule has 1 aromatic carbocycles. The third kappa shape index (κ3) is 2.15. The number of carbonyl (C=O) groups is 1. The fourth-order valence-corrected chi connectivity index (χ4v) is 3.97. The number of fused-ring (bicyclic) bond motifs is 1. The normalized spacial score (nSPS) is 24.7. The van der Waals surface area contributed by atoms with Crippen molar-refractivity contribution in [2.45, 2.75) is 30.8 Å². The molecule has 0 saturated heterocycles. The van der Waals surface area contributed by atoms with Gasteiger partial charge in [0, 0.05) is 10.6 Å². The molecule has 0 fully saturated rings. The molecule has 4 heteroatoms. The molecule has 98 valence electrons. The van der Waals surface area contributed by atoms with Crippen molar-refractivity contribution in [2.24, 2.45) is 11.8 Å². The summed E-state index contributed by atoms with van der Waals surface area (Å²) in [5.41, 5.74) is -0.482. The van der Waals surface area contributed by atoms with E-state index in [0.29, 0.717) is 6.42 Å². The average Bonchev–Trinajstić information content (AvgIpc) is 2.28. The van der Waals surface area contributed by atoms with E-state index >= 15 is 0 Å². The van der Waals surface area contributed by atoms with E-state index in [-0.39, 0.29) is 5.92 Å². The predicted molar refractivity (Wildman–Crippen MR) is 71.6 cm³/mol. The van der Waals surface area contributed by atoms with Crippen LogP contribution in [0.3, 0.4) is 0 Å². The molecular weight excluding hydrogens is 248 g/mol. The van der Waals surface area contributed by atoms with Crippen LogP contribution in [-0.2, 0) is 10.4 Å². The summed E-state index contributed by atoms with van der Waals surface area (Å²) in [6.07, 6.45) is 0.490. The zero-order valence-corrected chi connectivity index (χ0v) is 11.4. The fraction of sp³-hybridized carbons (Fsp3) is 0.500. The summed E-state index contributed by atoms with van der Waals surface area (Å²) in [6.45, 7) is 3.70. The van der Waals surface area contributed by atoms with Crippen molar-refractivity contribution in [1.29, 1.82) is 0 Å². The molecule has 2 atom stereocenters. The van der Waals surface area contributed by atoms with Crippen LogP contribution >= 0.6 is 11.8 Å². The second-order valence-corrected chi connectivity index (χ2v) is 6.22. The highest BCUT2D eigenvalue weighted by molar-refractivity contribution is 7.99. The molecule has 1 aromatic rings. The Morgan fingerprint density at radius 2 is 2.06 bits per heavy atom. The zero-order chi connectivity index (χ0) is 13.3. The summed E-state index contributed by atoms with van der Waals surface area (Å²) in [5, 5.41) is 20.3. The van der Waals surface area contributed by atoms with Gasteiger partial charge in [-0.25, -0.2) is 0 Å². The number of rotatable bonds is 3. The first-order valence-corrected chi connectivity index (χ1v) is 7.13. The Morgan fingerprint density at radius 1 is 1.39 bits per heavy atom. The summed E-state index contributed by atoms with van der Waals surface area (Å²) in [6, 6.07) is 7.57. The van der Waals surface area contributed by atoms with Gasteiger partial charge in [0.25, 0.3) is 0 Å². The summed E-state index contributed by atoms with van der Waals surface area (Å²) < 4.78 is 0. The van der Waals surface area contributed by atoms with Crippen LogP contribution in [0.15, 0.2) is 29.2 Å². The van der Waals surface area contributed by atoms with Gasteiger partial charge in [0.05, 0.1) is 5.92 Å².